The van der Waals surface area contributed by atoms with Gasteiger partial charge in [-0.05, 0) is 113 Å². The Bertz CT molecular complexity index is 2100. The number of hydrogen-bond acceptors (Lipinski definition) is 15. The second-order valence-corrected chi connectivity index (χ2v) is 21.7. The molecule has 1 aliphatic rings. The zero-order valence-electron chi connectivity index (χ0n) is 45.5. The molecule has 25 heteroatoms. The molecule has 422 valence electrons. The van der Waals surface area contributed by atoms with Crippen LogP contribution in [0.25, 0.3) is 0 Å². The second-order valence-electron chi connectivity index (χ2n) is 21.7. The summed E-state index contributed by atoms with van der Waals surface area (Å²) in [5.74, 6) is -6.55. The molecule has 1 fully saturated rings. The summed E-state index contributed by atoms with van der Waals surface area (Å²) in [4.78, 5) is 137. The largest absolute Gasteiger partial charge is 0.444 e. The molecule has 1 unspecified atom stereocenters. The number of ether oxygens (including phenoxy) is 3. The van der Waals surface area contributed by atoms with Crippen molar-refractivity contribution in [1.29, 1.82) is 0 Å². The molecular formula is C50H83N11O14. The van der Waals surface area contributed by atoms with Crippen molar-refractivity contribution < 1.29 is 67.3 Å². The lowest BCUT2D eigenvalue weighted by molar-refractivity contribution is -0.136. The van der Waals surface area contributed by atoms with E-state index >= 15 is 0 Å². The van der Waals surface area contributed by atoms with Crippen LogP contribution in [0.1, 0.15) is 121 Å². The lowest BCUT2D eigenvalue weighted by Crippen LogP contribution is -2.61. The average Bonchev–Trinajstić information content (AvgIpc) is 3.26. The van der Waals surface area contributed by atoms with Crippen LogP contribution in [0, 0.1) is 5.92 Å². The summed E-state index contributed by atoms with van der Waals surface area (Å²) in [5, 5.41) is 36.4. The summed E-state index contributed by atoms with van der Waals surface area (Å²) >= 11 is 0. The van der Waals surface area contributed by atoms with Crippen LogP contribution in [0.3, 0.4) is 0 Å². The van der Waals surface area contributed by atoms with Gasteiger partial charge in [-0.15, -0.1) is 0 Å². The first-order valence-electron chi connectivity index (χ1n) is 25.2. The third kappa shape index (κ3) is 26.3. The van der Waals surface area contributed by atoms with Crippen molar-refractivity contribution in [2.75, 3.05) is 26.2 Å². The molecule has 8 atom stereocenters. The van der Waals surface area contributed by atoms with Crippen molar-refractivity contribution >= 4 is 59.6 Å². The van der Waals surface area contributed by atoms with Crippen LogP contribution in [-0.4, -0.2) is 156 Å². The highest BCUT2D eigenvalue weighted by atomic mass is 16.6. The number of rotatable bonds is 14. The molecule has 1 heterocycles. The highest BCUT2D eigenvalue weighted by Crippen LogP contribution is 2.13. The van der Waals surface area contributed by atoms with Crippen molar-refractivity contribution in [3.63, 3.8) is 0 Å². The molecular weight excluding hydrogens is 979 g/mol. The molecule has 1 aliphatic heterocycles. The standard InChI is InChI=1S/C50H83N11O14/c1-28(2)26-35-42(67)58-33(20-24-54-46(71)74-49(7,8)9)39(64)57-34(21-25-55-47(72)75-50(10,11)12)41(66)61-37(29(3)62)44(69)52-22-18-31(51)38(63)56-32(19-23-53-45(70)73-48(4,5)6)40(65)60-36(43(68)59-35)27-30-16-14-13-15-17-30/h13-17,28-29,31-37,62H,18-27,51H2,1-12H3,(H,52,69)(H,53,70)(H,54,71)(H,55,72)(H,56,63)(H,57,64)(H,58,67)(H,59,68)(H,60,65)(H,61,66)/t29-,31-,32-,33-,34-,35-,36+,37?/m0/s1. The number of hydrogen-bond donors (Lipinski definition) is 12. The Morgan fingerprint density at radius 2 is 0.920 bits per heavy atom. The smallest absolute Gasteiger partial charge is 0.407 e. The molecule has 10 amide bonds. The molecule has 75 heavy (non-hydrogen) atoms. The minimum atomic E-state index is -1.65. The molecule has 1 saturated heterocycles. The Balaban J connectivity index is 2.75. The van der Waals surface area contributed by atoms with Gasteiger partial charge in [-0.2, -0.15) is 0 Å². The molecule has 1 aromatic carbocycles. The van der Waals surface area contributed by atoms with Gasteiger partial charge in [0.2, 0.25) is 41.4 Å². The zero-order valence-corrected chi connectivity index (χ0v) is 45.5. The van der Waals surface area contributed by atoms with Crippen LogP contribution in [-0.2, 0) is 54.2 Å². The van der Waals surface area contributed by atoms with E-state index in [0.717, 1.165) is 0 Å². The van der Waals surface area contributed by atoms with Crippen molar-refractivity contribution in [3.8, 4) is 0 Å². The Morgan fingerprint density at radius 3 is 1.32 bits per heavy atom. The third-order valence-electron chi connectivity index (χ3n) is 10.6. The molecule has 0 spiro atoms. The molecule has 0 aromatic heterocycles. The lowest BCUT2D eigenvalue weighted by Gasteiger charge is -2.29. The highest BCUT2D eigenvalue weighted by molar-refractivity contribution is 5.97. The van der Waals surface area contributed by atoms with Crippen LogP contribution in [0.4, 0.5) is 14.4 Å². The Hall–Kier alpha value is -6.76. The monoisotopic (exact) mass is 1060 g/mol. The number of carbonyl (C=O) groups is 10. The first kappa shape index (κ1) is 64.4. The third-order valence-corrected chi connectivity index (χ3v) is 10.6. The number of nitrogens with two attached hydrogens (primary N) is 1. The van der Waals surface area contributed by atoms with Crippen molar-refractivity contribution in [2.45, 2.75) is 187 Å². The first-order valence-corrected chi connectivity index (χ1v) is 25.2. The van der Waals surface area contributed by atoms with Gasteiger partial charge in [-0.1, -0.05) is 44.2 Å². The van der Waals surface area contributed by atoms with E-state index in [1.54, 1.807) is 106 Å². The van der Waals surface area contributed by atoms with Gasteiger partial charge in [0.15, 0.2) is 0 Å². The fraction of sp³-hybridized carbons (Fsp3) is 0.680. The number of nitrogens with one attached hydrogen (secondary N) is 10. The zero-order chi connectivity index (χ0) is 56.8. The average molecular weight is 1060 g/mol. The first-order chi connectivity index (χ1) is 34.7. The van der Waals surface area contributed by atoms with Gasteiger partial charge in [0.05, 0.1) is 12.1 Å². The second kappa shape index (κ2) is 30.0. The van der Waals surface area contributed by atoms with E-state index < -0.39 is 125 Å². The molecule has 1 aromatic rings. The summed E-state index contributed by atoms with van der Waals surface area (Å²) in [7, 11) is 0. The summed E-state index contributed by atoms with van der Waals surface area (Å²) in [5.41, 5.74) is 4.23. The van der Waals surface area contributed by atoms with E-state index in [2.05, 4.69) is 53.2 Å². The maximum Gasteiger partial charge on any atom is 0.407 e. The molecule has 25 nitrogen and oxygen atoms in total. The number of aliphatic hydroxyl groups is 1. The van der Waals surface area contributed by atoms with E-state index in [1.807, 2.05) is 0 Å². The van der Waals surface area contributed by atoms with Gasteiger partial charge >= 0.3 is 18.3 Å². The van der Waals surface area contributed by atoms with Crippen molar-refractivity contribution in [3.05, 3.63) is 35.9 Å². The van der Waals surface area contributed by atoms with Crippen LogP contribution < -0.4 is 58.9 Å². The fourth-order valence-corrected chi connectivity index (χ4v) is 7.09. The van der Waals surface area contributed by atoms with Gasteiger partial charge in [-0.25, -0.2) is 14.4 Å². The minimum absolute atomic E-state index is 0.00510. The Kier molecular flexibility index (Phi) is 25.7. The van der Waals surface area contributed by atoms with Crippen molar-refractivity contribution in [1.82, 2.24) is 53.2 Å². The van der Waals surface area contributed by atoms with Crippen LogP contribution in [0.2, 0.25) is 0 Å². The molecule has 0 radical (unpaired) electrons. The van der Waals surface area contributed by atoms with Gasteiger partial charge < -0.3 is 78.2 Å². The van der Waals surface area contributed by atoms with Crippen LogP contribution >= 0.6 is 0 Å². The lowest BCUT2D eigenvalue weighted by atomic mass is 10.00. The Morgan fingerprint density at radius 1 is 0.560 bits per heavy atom. The van der Waals surface area contributed by atoms with Gasteiger partial charge in [0.25, 0.3) is 0 Å². The maximum atomic E-state index is 14.5. The number of carbonyl (C=O) groups excluding carboxylic acids is 10. The van der Waals surface area contributed by atoms with E-state index in [0.29, 0.717) is 5.56 Å². The van der Waals surface area contributed by atoms with Crippen molar-refractivity contribution in [2.24, 2.45) is 11.7 Å². The van der Waals surface area contributed by atoms with E-state index in [9.17, 15) is 53.1 Å². The SMILES string of the molecule is CC(C)C[C@@H]1NC(=O)[C@@H](Cc2ccccc2)NC(=O)[C@H](CCNC(=O)OC(C)(C)C)NC(=O)[C@@H](N)CCNC(=O)C([C@H](C)O)NC(=O)[C@H](CCNC(=O)OC(C)(C)C)NC(=O)[C@H](CCNC(=O)OC(C)(C)C)NC1=O. The summed E-state index contributed by atoms with van der Waals surface area (Å²) in [6.45, 7) is 18.6. The van der Waals surface area contributed by atoms with Crippen LogP contribution in [0.5, 0.6) is 0 Å². The van der Waals surface area contributed by atoms with Crippen LogP contribution in [0.15, 0.2) is 30.3 Å². The summed E-state index contributed by atoms with van der Waals surface area (Å²) in [6.07, 6.45) is -5.18. The quantitative estimate of drug-likeness (QED) is 0.110. The van der Waals surface area contributed by atoms with Gasteiger partial charge in [-0.3, -0.25) is 33.6 Å². The Labute approximate surface area is 439 Å². The molecule has 0 bridgehead atoms. The molecule has 2 rings (SSSR count). The number of aliphatic hydroxyl groups excluding tert-OH is 1. The highest BCUT2D eigenvalue weighted by Gasteiger charge is 2.36. The van der Waals surface area contributed by atoms with E-state index in [4.69, 9.17) is 19.9 Å². The number of benzene rings is 1. The number of alkyl carbamates (subject to hydrolysis) is 3. The topological polar surface area (TPSA) is 365 Å². The maximum absolute atomic E-state index is 14.5. The minimum Gasteiger partial charge on any atom is -0.444 e. The predicted octanol–water partition coefficient (Wildman–Crippen LogP) is 0.156. The molecule has 0 saturated carbocycles. The van der Waals surface area contributed by atoms with Gasteiger partial charge in [0, 0.05) is 32.6 Å². The fourth-order valence-electron chi connectivity index (χ4n) is 7.09. The van der Waals surface area contributed by atoms with E-state index in [-0.39, 0.29) is 70.6 Å². The molecule has 13 N–H and O–H groups in total. The van der Waals surface area contributed by atoms with E-state index in [1.165, 1.54) is 6.92 Å². The normalized spacial score (nSPS) is 22.8. The van der Waals surface area contributed by atoms with Gasteiger partial charge in [0.1, 0.15) is 53.1 Å². The molecule has 0 aliphatic carbocycles. The number of amides is 10. The summed E-state index contributed by atoms with van der Waals surface area (Å²) < 4.78 is 15.9. The predicted molar refractivity (Wildman–Crippen MR) is 275 cm³/mol. The summed E-state index contributed by atoms with van der Waals surface area (Å²) in [6, 6.07) is -1.67.